The SMILES string of the molecule is CCC=CC=C(C)CCN(N=C(C)C)C(O)OC(C)C. The van der Waals surface area contributed by atoms with E-state index in [1.165, 1.54) is 5.57 Å². The fourth-order valence-corrected chi connectivity index (χ4v) is 1.52. The maximum absolute atomic E-state index is 10.0. The highest BCUT2D eigenvalue weighted by Crippen LogP contribution is 2.09. The summed E-state index contributed by atoms with van der Waals surface area (Å²) in [4.78, 5) is 0. The van der Waals surface area contributed by atoms with E-state index < -0.39 is 6.41 Å². The molecule has 0 spiro atoms. The molecule has 20 heavy (non-hydrogen) atoms. The number of hydrazone groups is 1. The smallest absolute Gasteiger partial charge is 0.253 e. The van der Waals surface area contributed by atoms with Gasteiger partial charge in [0, 0.05) is 12.3 Å². The molecule has 0 aromatic rings. The number of ether oxygens (including phenoxy) is 1. The molecular formula is C16H30N2O2. The second-order valence-electron chi connectivity index (χ2n) is 5.32. The second kappa shape index (κ2) is 10.6. The number of nitrogens with zero attached hydrogens (tertiary/aromatic N) is 2. The Morgan fingerprint density at radius 3 is 2.45 bits per heavy atom. The number of rotatable bonds is 9. The van der Waals surface area contributed by atoms with Crippen molar-refractivity contribution in [2.24, 2.45) is 5.10 Å². The van der Waals surface area contributed by atoms with Gasteiger partial charge in [0.25, 0.3) is 6.41 Å². The molecule has 0 aliphatic rings. The van der Waals surface area contributed by atoms with Crippen molar-refractivity contribution in [2.45, 2.75) is 66.9 Å². The summed E-state index contributed by atoms with van der Waals surface area (Å²) in [5.74, 6) is 0. The molecule has 0 aliphatic carbocycles. The molecular weight excluding hydrogens is 252 g/mol. The Morgan fingerprint density at radius 1 is 1.30 bits per heavy atom. The standard InChI is InChI=1S/C16H30N2O2/c1-7-8-9-10-15(6)11-12-18(17-13(2)3)16(19)20-14(4)5/h8-10,14,16,19H,7,11-12H2,1-6H3. The first kappa shape index (κ1) is 18.9. The summed E-state index contributed by atoms with van der Waals surface area (Å²) in [6.45, 7) is 12.4. The predicted molar refractivity (Wildman–Crippen MR) is 85.5 cm³/mol. The molecule has 0 aromatic heterocycles. The Hall–Kier alpha value is -1.13. The Balaban J connectivity index is 4.55. The van der Waals surface area contributed by atoms with Crippen molar-refractivity contribution in [1.29, 1.82) is 0 Å². The van der Waals surface area contributed by atoms with E-state index in [2.05, 4.69) is 37.2 Å². The summed E-state index contributed by atoms with van der Waals surface area (Å²) in [5, 5.41) is 15.9. The van der Waals surface area contributed by atoms with Crippen molar-refractivity contribution in [3.63, 3.8) is 0 Å². The van der Waals surface area contributed by atoms with Crippen LogP contribution in [0, 0.1) is 0 Å². The van der Waals surface area contributed by atoms with Crippen LogP contribution in [0.3, 0.4) is 0 Å². The molecule has 0 aliphatic heterocycles. The third-order valence-electron chi connectivity index (χ3n) is 2.47. The Kier molecular flexibility index (Phi) is 10.0. The minimum absolute atomic E-state index is 0.0380. The minimum atomic E-state index is -0.996. The second-order valence-corrected chi connectivity index (χ2v) is 5.32. The topological polar surface area (TPSA) is 45.1 Å². The normalized spacial score (nSPS) is 13.9. The van der Waals surface area contributed by atoms with E-state index in [-0.39, 0.29) is 6.10 Å². The number of hydrogen-bond acceptors (Lipinski definition) is 4. The highest BCUT2D eigenvalue weighted by molar-refractivity contribution is 5.78. The Labute approximate surface area is 123 Å². The highest BCUT2D eigenvalue weighted by atomic mass is 16.6. The molecule has 0 saturated heterocycles. The lowest BCUT2D eigenvalue weighted by Gasteiger charge is -2.26. The lowest BCUT2D eigenvalue weighted by atomic mass is 10.2. The van der Waals surface area contributed by atoms with Crippen molar-refractivity contribution in [1.82, 2.24) is 5.01 Å². The van der Waals surface area contributed by atoms with Gasteiger partial charge in [-0.2, -0.15) is 5.10 Å². The molecule has 0 rings (SSSR count). The van der Waals surface area contributed by atoms with Gasteiger partial charge in [-0.15, -0.1) is 0 Å². The molecule has 0 radical (unpaired) electrons. The van der Waals surface area contributed by atoms with E-state index in [4.69, 9.17) is 4.74 Å². The molecule has 0 fully saturated rings. The zero-order valence-electron chi connectivity index (χ0n) is 13.8. The van der Waals surface area contributed by atoms with Crippen molar-refractivity contribution in [3.8, 4) is 0 Å². The molecule has 0 aromatic carbocycles. The fourth-order valence-electron chi connectivity index (χ4n) is 1.52. The van der Waals surface area contributed by atoms with Crippen LogP contribution in [0.5, 0.6) is 0 Å². The number of aliphatic hydroxyl groups is 1. The monoisotopic (exact) mass is 282 g/mol. The lowest BCUT2D eigenvalue weighted by Crippen LogP contribution is -2.36. The largest absolute Gasteiger partial charge is 0.350 e. The van der Waals surface area contributed by atoms with Crippen LogP contribution >= 0.6 is 0 Å². The molecule has 0 heterocycles. The van der Waals surface area contributed by atoms with E-state index in [0.717, 1.165) is 18.6 Å². The molecule has 1 N–H and O–H groups in total. The summed E-state index contributed by atoms with van der Waals surface area (Å²) in [7, 11) is 0. The molecule has 0 bridgehead atoms. The van der Waals surface area contributed by atoms with Gasteiger partial charge in [-0.25, -0.2) is 5.01 Å². The van der Waals surface area contributed by atoms with Gasteiger partial charge in [-0.1, -0.05) is 30.7 Å². The van der Waals surface area contributed by atoms with Gasteiger partial charge >= 0.3 is 0 Å². The van der Waals surface area contributed by atoms with Crippen molar-refractivity contribution in [3.05, 3.63) is 23.8 Å². The zero-order valence-corrected chi connectivity index (χ0v) is 13.8. The van der Waals surface area contributed by atoms with Gasteiger partial charge in [-0.3, -0.25) is 0 Å². The maximum Gasteiger partial charge on any atom is 0.253 e. The molecule has 0 amide bonds. The molecule has 1 atom stereocenters. The van der Waals surface area contributed by atoms with Crippen LogP contribution in [-0.2, 0) is 4.74 Å². The third kappa shape index (κ3) is 9.75. The van der Waals surface area contributed by atoms with Gasteiger partial charge in [0.05, 0.1) is 6.10 Å². The zero-order chi connectivity index (χ0) is 15.5. The Bertz CT molecular complexity index is 342. The number of allylic oxidation sites excluding steroid dienone is 3. The molecule has 1 unspecified atom stereocenters. The molecule has 116 valence electrons. The van der Waals surface area contributed by atoms with E-state index >= 15 is 0 Å². The van der Waals surface area contributed by atoms with Gasteiger partial charge in [0.15, 0.2) is 0 Å². The van der Waals surface area contributed by atoms with Gasteiger partial charge in [0.1, 0.15) is 0 Å². The Morgan fingerprint density at radius 2 is 1.95 bits per heavy atom. The number of aliphatic hydroxyl groups excluding tert-OH is 1. The quantitative estimate of drug-likeness (QED) is 0.304. The summed E-state index contributed by atoms with van der Waals surface area (Å²) < 4.78 is 5.38. The van der Waals surface area contributed by atoms with Crippen LogP contribution in [0.1, 0.15) is 54.4 Å². The first-order chi connectivity index (χ1) is 9.36. The third-order valence-corrected chi connectivity index (χ3v) is 2.47. The van der Waals surface area contributed by atoms with E-state index in [1.807, 2.05) is 27.7 Å². The van der Waals surface area contributed by atoms with Gasteiger partial charge < -0.3 is 9.84 Å². The van der Waals surface area contributed by atoms with E-state index in [0.29, 0.717) is 6.54 Å². The first-order valence-electron chi connectivity index (χ1n) is 7.31. The average Bonchev–Trinajstić information content (AvgIpc) is 2.33. The van der Waals surface area contributed by atoms with Crippen LogP contribution in [0.15, 0.2) is 28.9 Å². The van der Waals surface area contributed by atoms with Gasteiger partial charge in [-0.05, 0) is 47.5 Å². The van der Waals surface area contributed by atoms with Crippen molar-refractivity contribution < 1.29 is 9.84 Å². The van der Waals surface area contributed by atoms with Crippen molar-refractivity contribution >= 4 is 5.71 Å². The summed E-state index contributed by atoms with van der Waals surface area (Å²) in [5.41, 5.74) is 2.14. The average molecular weight is 282 g/mol. The van der Waals surface area contributed by atoms with Crippen molar-refractivity contribution in [2.75, 3.05) is 6.54 Å². The highest BCUT2D eigenvalue weighted by Gasteiger charge is 2.15. The summed E-state index contributed by atoms with van der Waals surface area (Å²) in [6.07, 6.45) is 7.12. The molecule has 0 saturated carbocycles. The first-order valence-corrected chi connectivity index (χ1v) is 7.31. The van der Waals surface area contributed by atoms with Crippen LogP contribution in [0.25, 0.3) is 0 Å². The van der Waals surface area contributed by atoms with Crippen LogP contribution in [0.4, 0.5) is 0 Å². The van der Waals surface area contributed by atoms with E-state index in [9.17, 15) is 5.11 Å². The number of hydrogen-bond donors (Lipinski definition) is 1. The summed E-state index contributed by atoms with van der Waals surface area (Å²) >= 11 is 0. The maximum atomic E-state index is 10.0. The molecule has 4 nitrogen and oxygen atoms in total. The summed E-state index contributed by atoms with van der Waals surface area (Å²) in [6, 6.07) is 0. The van der Waals surface area contributed by atoms with Crippen LogP contribution in [-0.4, -0.2) is 34.9 Å². The van der Waals surface area contributed by atoms with E-state index in [1.54, 1.807) is 5.01 Å². The predicted octanol–water partition coefficient (Wildman–Crippen LogP) is 3.69. The van der Waals surface area contributed by atoms with Gasteiger partial charge in [0.2, 0.25) is 0 Å². The fraction of sp³-hybridized carbons (Fsp3) is 0.688. The lowest BCUT2D eigenvalue weighted by molar-refractivity contribution is -0.211. The van der Waals surface area contributed by atoms with Crippen LogP contribution in [0.2, 0.25) is 0 Å². The minimum Gasteiger partial charge on any atom is -0.350 e. The van der Waals surface area contributed by atoms with Crippen LogP contribution < -0.4 is 0 Å². The molecule has 4 heteroatoms.